The van der Waals surface area contributed by atoms with Gasteiger partial charge < -0.3 is 4.43 Å². The summed E-state index contributed by atoms with van der Waals surface area (Å²) in [6.07, 6.45) is 7.73. The molecule has 19 heavy (non-hydrogen) atoms. The molecule has 2 nitrogen and oxygen atoms in total. The first-order chi connectivity index (χ1) is 9.11. The van der Waals surface area contributed by atoms with E-state index in [0.717, 1.165) is 18.1 Å². The van der Waals surface area contributed by atoms with Crippen LogP contribution in [0.4, 0.5) is 0 Å². The Kier molecular flexibility index (Phi) is 8.10. The van der Waals surface area contributed by atoms with Gasteiger partial charge in [-0.3, -0.25) is 0 Å². The molecule has 0 spiro atoms. The highest BCUT2D eigenvalue weighted by Gasteiger charge is 2.03. The zero-order chi connectivity index (χ0) is 14.1. The number of rotatable bonds is 8. The Morgan fingerprint density at radius 2 is 2.21 bits per heavy atom. The molecule has 0 bridgehead atoms. The standard InChI is InChI=1S/C15H25NOSSi/c1-5-6-7-14(10-11-17-19(3)4)18-15-9-8-13(2)12-16-15/h8-10,12,19H,5-7,11H2,1-4H3. The molecular weight excluding hydrogens is 270 g/mol. The van der Waals surface area contributed by atoms with E-state index in [0.29, 0.717) is 0 Å². The lowest BCUT2D eigenvalue weighted by Gasteiger charge is -2.08. The van der Waals surface area contributed by atoms with E-state index in [-0.39, 0.29) is 0 Å². The minimum absolute atomic E-state index is 0.752. The Hall–Kier alpha value is -0.583. The van der Waals surface area contributed by atoms with Crippen molar-refractivity contribution in [3.63, 3.8) is 0 Å². The zero-order valence-electron chi connectivity index (χ0n) is 12.5. The van der Waals surface area contributed by atoms with Crippen LogP contribution in [-0.4, -0.2) is 20.6 Å². The van der Waals surface area contributed by atoms with Crippen LogP contribution in [0.15, 0.2) is 34.3 Å². The molecule has 0 aliphatic heterocycles. The van der Waals surface area contributed by atoms with Gasteiger partial charge in [-0.1, -0.05) is 37.2 Å². The Bertz CT molecular complexity index is 390. The molecule has 0 atom stereocenters. The smallest absolute Gasteiger partial charge is 0.171 e. The average Bonchev–Trinajstić information content (AvgIpc) is 2.38. The Labute approximate surface area is 123 Å². The summed E-state index contributed by atoms with van der Waals surface area (Å²) in [5.74, 6) is 0. The number of unbranched alkanes of at least 4 members (excludes halogenated alkanes) is 1. The van der Waals surface area contributed by atoms with Gasteiger partial charge in [-0.25, -0.2) is 4.98 Å². The lowest BCUT2D eigenvalue weighted by atomic mass is 10.2. The lowest BCUT2D eigenvalue weighted by molar-refractivity contribution is 0.374. The van der Waals surface area contributed by atoms with Gasteiger partial charge in [0.05, 0.1) is 6.61 Å². The second-order valence-corrected chi connectivity index (χ2v) is 8.51. The summed E-state index contributed by atoms with van der Waals surface area (Å²) in [6.45, 7) is 9.45. The van der Waals surface area contributed by atoms with Crippen molar-refractivity contribution in [2.75, 3.05) is 6.61 Å². The molecule has 0 aliphatic carbocycles. The van der Waals surface area contributed by atoms with Crippen LogP contribution in [0.3, 0.4) is 0 Å². The summed E-state index contributed by atoms with van der Waals surface area (Å²) in [6, 6.07) is 4.21. The molecular formula is C15H25NOSSi. The number of nitrogens with zero attached hydrogens (tertiary/aromatic N) is 1. The van der Waals surface area contributed by atoms with Crippen molar-refractivity contribution in [2.24, 2.45) is 0 Å². The van der Waals surface area contributed by atoms with Crippen molar-refractivity contribution in [3.05, 3.63) is 34.9 Å². The van der Waals surface area contributed by atoms with Gasteiger partial charge >= 0.3 is 0 Å². The number of hydrogen-bond acceptors (Lipinski definition) is 3. The first-order valence-electron chi connectivity index (χ1n) is 7.03. The molecule has 106 valence electrons. The summed E-state index contributed by atoms with van der Waals surface area (Å²) in [4.78, 5) is 5.84. The van der Waals surface area contributed by atoms with Crippen LogP contribution in [0.2, 0.25) is 13.1 Å². The van der Waals surface area contributed by atoms with E-state index in [1.807, 2.05) is 6.20 Å². The second kappa shape index (κ2) is 9.34. The number of allylic oxidation sites excluding steroid dienone is 1. The van der Waals surface area contributed by atoms with Crippen molar-refractivity contribution in [1.82, 2.24) is 4.98 Å². The molecule has 0 saturated carbocycles. The molecule has 0 aromatic carbocycles. The van der Waals surface area contributed by atoms with E-state index in [1.165, 1.54) is 23.3 Å². The maximum Gasteiger partial charge on any atom is 0.171 e. The van der Waals surface area contributed by atoms with E-state index in [2.05, 4.69) is 50.1 Å². The average molecular weight is 296 g/mol. The Morgan fingerprint density at radius 1 is 1.42 bits per heavy atom. The molecule has 1 aromatic rings. The van der Waals surface area contributed by atoms with E-state index in [9.17, 15) is 0 Å². The summed E-state index contributed by atoms with van der Waals surface area (Å²) in [5, 5.41) is 1.08. The number of pyridine rings is 1. The fourth-order valence-corrected chi connectivity index (χ4v) is 2.92. The van der Waals surface area contributed by atoms with Crippen molar-refractivity contribution in [3.8, 4) is 0 Å². The second-order valence-electron chi connectivity index (χ2n) is 4.93. The molecule has 0 amide bonds. The molecule has 0 radical (unpaired) electrons. The zero-order valence-corrected chi connectivity index (χ0v) is 14.5. The first kappa shape index (κ1) is 16.5. The van der Waals surface area contributed by atoms with E-state index < -0.39 is 9.04 Å². The van der Waals surface area contributed by atoms with Crippen LogP contribution in [0.5, 0.6) is 0 Å². The minimum atomic E-state index is -0.918. The van der Waals surface area contributed by atoms with E-state index >= 15 is 0 Å². The predicted octanol–water partition coefficient (Wildman–Crippen LogP) is 4.56. The largest absolute Gasteiger partial charge is 0.417 e. The summed E-state index contributed by atoms with van der Waals surface area (Å²) >= 11 is 1.77. The van der Waals surface area contributed by atoms with Crippen molar-refractivity contribution in [1.29, 1.82) is 0 Å². The Morgan fingerprint density at radius 3 is 2.79 bits per heavy atom. The third-order valence-corrected chi connectivity index (χ3v) is 4.58. The Balaban J connectivity index is 2.59. The fraction of sp³-hybridized carbons (Fsp3) is 0.533. The number of thioether (sulfide) groups is 1. The summed E-state index contributed by atoms with van der Waals surface area (Å²) in [7, 11) is -0.918. The summed E-state index contributed by atoms with van der Waals surface area (Å²) < 4.78 is 5.74. The monoisotopic (exact) mass is 295 g/mol. The van der Waals surface area contributed by atoms with Gasteiger partial charge in [-0.05, 0) is 49.4 Å². The summed E-state index contributed by atoms with van der Waals surface area (Å²) in [5.41, 5.74) is 1.21. The van der Waals surface area contributed by atoms with E-state index in [1.54, 1.807) is 11.8 Å². The van der Waals surface area contributed by atoms with Gasteiger partial charge in [0.15, 0.2) is 9.04 Å². The number of hydrogen-bond donors (Lipinski definition) is 0. The third kappa shape index (κ3) is 7.55. The minimum Gasteiger partial charge on any atom is -0.417 e. The maximum atomic E-state index is 5.74. The van der Waals surface area contributed by atoms with Crippen molar-refractivity contribution < 1.29 is 4.43 Å². The highest BCUT2D eigenvalue weighted by atomic mass is 32.2. The van der Waals surface area contributed by atoms with Crippen LogP contribution >= 0.6 is 11.8 Å². The van der Waals surface area contributed by atoms with Crippen molar-refractivity contribution in [2.45, 2.75) is 51.2 Å². The molecule has 0 fully saturated rings. The molecule has 0 N–H and O–H groups in total. The van der Waals surface area contributed by atoms with Crippen LogP contribution in [0, 0.1) is 6.92 Å². The highest BCUT2D eigenvalue weighted by Crippen LogP contribution is 2.28. The molecule has 0 aliphatic rings. The van der Waals surface area contributed by atoms with Crippen LogP contribution in [-0.2, 0) is 4.43 Å². The van der Waals surface area contributed by atoms with Crippen molar-refractivity contribution >= 4 is 20.8 Å². The first-order valence-corrected chi connectivity index (χ1v) is 10.6. The topological polar surface area (TPSA) is 22.1 Å². The lowest BCUT2D eigenvalue weighted by Crippen LogP contribution is -2.07. The van der Waals surface area contributed by atoms with Gasteiger partial charge in [0, 0.05) is 6.20 Å². The highest BCUT2D eigenvalue weighted by molar-refractivity contribution is 8.03. The third-order valence-electron chi connectivity index (χ3n) is 2.64. The van der Waals surface area contributed by atoms with Gasteiger partial charge in [0.25, 0.3) is 0 Å². The molecule has 1 aromatic heterocycles. The SMILES string of the molecule is CCCCC(=CCO[SiH](C)C)Sc1ccc(C)cn1. The predicted molar refractivity (Wildman–Crippen MR) is 87.3 cm³/mol. The molecule has 1 heterocycles. The molecule has 0 saturated heterocycles. The number of aromatic nitrogens is 1. The van der Waals surface area contributed by atoms with Crippen LogP contribution in [0.1, 0.15) is 31.7 Å². The normalized spacial score (nSPS) is 12.2. The fourth-order valence-electron chi connectivity index (χ4n) is 1.53. The van der Waals surface area contributed by atoms with Gasteiger partial charge in [-0.2, -0.15) is 0 Å². The van der Waals surface area contributed by atoms with Gasteiger partial charge in [0.1, 0.15) is 5.03 Å². The molecule has 0 unspecified atom stereocenters. The van der Waals surface area contributed by atoms with Gasteiger partial charge in [-0.15, -0.1) is 0 Å². The molecule has 4 heteroatoms. The van der Waals surface area contributed by atoms with E-state index in [4.69, 9.17) is 4.43 Å². The van der Waals surface area contributed by atoms with Crippen LogP contribution in [0.25, 0.3) is 0 Å². The molecule has 1 rings (SSSR count). The quantitative estimate of drug-likeness (QED) is 0.518. The van der Waals surface area contributed by atoms with Gasteiger partial charge in [0.2, 0.25) is 0 Å². The maximum absolute atomic E-state index is 5.74. The number of aryl methyl sites for hydroxylation is 1. The van der Waals surface area contributed by atoms with Crippen LogP contribution < -0.4 is 0 Å².